The second-order valence-corrected chi connectivity index (χ2v) is 6.36. The fraction of sp³-hybridized carbons (Fsp3) is 0.500. The van der Waals surface area contributed by atoms with Crippen molar-refractivity contribution in [3.8, 4) is 0 Å². The molecule has 0 saturated heterocycles. The molecule has 0 aliphatic carbocycles. The van der Waals surface area contributed by atoms with E-state index in [-0.39, 0.29) is 5.91 Å². The Balaban J connectivity index is 2.95. The van der Waals surface area contributed by atoms with Gasteiger partial charge in [0.15, 0.2) is 0 Å². The number of hydrogen-bond acceptors (Lipinski definition) is 2. The first-order valence-corrected chi connectivity index (χ1v) is 8.51. The highest BCUT2D eigenvalue weighted by Crippen LogP contribution is 2.20. The number of carbonyl (C=O) groups excluding carboxylic acids is 1. The van der Waals surface area contributed by atoms with Gasteiger partial charge in [0.2, 0.25) is 0 Å². The predicted octanol–water partition coefficient (Wildman–Crippen LogP) is 3.81. The van der Waals surface area contributed by atoms with E-state index in [2.05, 4.69) is 35.8 Å². The highest BCUT2D eigenvalue weighted by Gasteiger charge is 2.21. The van der Waals surface area contributed by atoms with Gasteiger partial charge in [0.25, 0.3) is 5.91 Å². The first-order chi connectivity index (χ1) is 8.52. The van der Waals surface area contributed by atoms with Crippen molar-refractivity contribution >= 4 is 40.3 Å². The van der Waals surface area contributed by atoms with Crippen molar-refractivity contribution in [1.82, 2.24) is 4.90 Å². The summed E-state index contributed by atoms with van der Waals surface area (Å²) in [5.74, 6) is 1.12. The number of amides is 1. The van der Waals surface area contributed by atoms with Gasteiger partial charge in [-0.15, -0.1) is 0 Å². The molecule has 0 saturated carbocycles. The fourth-order valence-corrected chi connectivity index (χ4v) is 3.30. The van der Waals surface area contributed by atoms with Crippen LogP contribution in [0, 0.1) is 10.5 Å². The lowest BCUT2D eigenvalue weighted by atomic mass is 10.1. The molecule has 18 heavy (non-hydrogen) atoms. The Morgan fingerprint density at radius 3 is 2.72 bits per heavy atom. The molecule has 0 radical (unpaired) electrons. The molecule has 0 aromatic heterocycles. The van der Waals surface area contributed by atoms with E-state index in [9.17, 15) is 4.79 Å². The summed E-state index contributed by atoms with van der Waals surface area (Å²) in [7, 11) is 1.91. The van der Waals surface area contributed by atoms with Crippen molar-refractivity contribution in [3.63, 3.8) is 0 Å². The predicted molar refractivity (Wildman–Crippen MR) is 88.5 cm³/mol. The first-order valence-electron chi connectivity index (χ1n) is 6.04. The van der Waals surface area contributed by atoms with Gasteiger partial charge >= 0.3 is 0 Å². The molecule has 1 aromatic carbocycles. The Hall–Kier alpha value is -0.230. The summed E-state index contributed by atoms with van der Waals surface area (Å²) in [4.78, 5) is 14.4. The average molecular weight is 377 g/mol. The van der Waals surface area contributed by atoms with Crippen LogP contribution in [0.4, 0.5) is 0 Å². The summed E-state index contributed by atoms with van der Waals surface area (Å²) in [5, 5.41) is 0. The van der Waals surface area contributed by atoms with Crippen LogP contribution in [0.3, 0.4) is 0 Å². The van der Waals surface area contributed by atoms with Crippen molar-refractivity contribution < 1.29 is 4.79 Å². The van der Waals surface area contributed by atoms with E-state index in [1.54, 1.807) is 11.8 Å². The van der Waals surface area contributed by atoms with Crippen molar-refractivity contribution in [2.45, 2.75) is 26.3 Å². The van der Waals surface area contributed by atoms with Gasteiger partial charge in [-0.1, -0.05) is 19.1 Å². The molecule has 1 aromatic rings. The van der Waals surface area contributed by atoms with Crippen molar-refractivity contribution in [1.29, 1.82) is 0 Å². The second kappa shape index (κ2) is 7.38. The number of thioether (sulfide) groups is 1. The molecule has 1 rings (SSSR count). The maximum Gasteiger partial charge on any atom is 0.254 e. The van der Waals surface area contributed by atoms with E-state index in [1.807, 2.05) is 37.1 Å². The third kappa shape index (κ3) is 3.63. The zero-order valence-corrected chi connectivity index (χ0v) is 14.3. The van der Waals surface area contributed by atoms with Crippen molar-refractivity contribution in [3.05, 3.63) is 32.9 Å². The number of nitrogens with zero attached hydrogens (tertiary/aromatic N) is 1. The van der Waals surface area contributed by atoms with Crippen LogP contribution in [-0.4, -0.2) is 35.9 Å². The molecule has 0 aliphatic heterocycles. The summed E-state index contributed by atoms with van der Waals surface area (Å²) < 4.78 is 1.06. The molecule has 1 amide bonds. The second-order valence-electron chi connectivity index (χ2n) is 4.37. The van der Waals surface area contributed by atoms with Gasteiger partial charge in [-0.25, -0.2) is 0 Å². The fourth-order valence-electron chi connectivity index (χ4n) is 1.86. The quantitative estimate of drug-likeness (QED) is 0.728. The smallest absolute Gasteiger partial charge is 0.254 e. The van der Waals surface area contributed by atoms with Crippen LogP contribution in [0.2, 0.25) is 0 Å². The highest BCUT2D eigenvalue weighted by molar-refractivity contribution is 14.1. The van der Waals surface area contributed by atoms with E-state index in [0.29, 0.717) is 6.04 Å². The Bertz CT molecular complexity index is 422. The summed E-state index contributed by atoms with van der Waals surface area (Å²) in [6.07, 6.45) is 3.07. The van der Waals surface area contributed by atoms with Crippen LogP contribution < -0.4 is 0 Å². The average Bonchev–Trinajstić information content (AvgIpc) is 2.37. The minimum Gasteiger partial charge on any atom is -0.338 e. The Labute approximate surface area is 128 Å². The Kier molecular flexibility index (Phi) is 6.49. The molecule has 0 heterocycles. The van der Waals surface area contributed by atoms with Crippen LogP contribution >= 0.6 is 34.4 Å². The van der Waals surface area contributed by atoms with Gasteiger partial charge < -0.3 is 4.90 Å². The molecule has 0 N–H and O–H groups in total. The Morgan fingerprint density at radius 2 is 2.17 bits per heavy atom. The maximum absolute atomic E-state index is 12.5. The largest absolute Gasteiger partial charge is 0.338 e. The number of carbonyl (C=O) groups is 1. The number of hydrogen-bond donors (Lipinski definition) is 0. The van der Waals surface area contributed by atoms with Gasteiger partial charge in [0.05, 0.1) is 5.56 Å². The van der Waals surface area contributed by atoms with E-state index < -0.39 is 0 Å². The molecule has 0 bridgehead atoms. The Morgan fingerprint density at radius 1 is 1.50 bits per heavy atom. The molecule has 2 nitrogen and oxygen atoms in total. The van der Waals surface area contributed by atoms with Gasteiger partial charge in [-0.3, -0.25) is 4.79 Å². The maximum atomic E-state index is 12.5. The van der Waals surface area contributed by atoms with Gasteiger partial charge in [-0.2, -0.15) is 11.8 Å². The topological polar surface area (TPSA) is 20.3 Å². The lowest BCUT2D eigenvalue weighted by molar-refractivity contribution is 0.0742. The standard InChI is InChI=1S/C14H20INOS/c1-5-11(9-18-4)16(3)14(17)12-8-6-7-10(2)13(12)15/h6-8,11H,5,9H2,1-4H3. The van der Waals surface area contributed by atoms with Crippen molar-refractivity contribution in [2.75, 3.05) is 19.1 Å². The minimum absolute atomic E-state index is 0.129. The lowest BCUT2D eigenvalue weighted by Crippen LogP contribution is -2.38. The molecule has 0 aliphatic rings. The van der Waals surface area contributed by atoms with E-state index in [4.69, 9.17) is 0 Å². The SMILES string of the molecule is CCC(CSC)N(C)C(=O)c1cccc(C)c1I. The summed E-state index contributed by atoms with van der Waals surface area (Å²) in [6, 6.07) is 6.22. The van der Waals surface area contributed by atoms with Crippen LogP contribution in [-0.2, 0) is 0 Å². The summed E-state index contributed by atoms with van der Waals surface area (Å²) in [5.41, 5.74) is 1.98. The van der Waals surface area contributed by atoms with Crippen LogP contribution in [0.5, 0.6) is 0 Å². The third-order valence-electron chi connectivity index (χ3n) is 3.12. The summed E-state index contributed by atoms with van der Waals surface area (Å²) >= 11 is 4.04. The van der Waals surface area contributed by atoms with Crippen LogP contribution in [0.15, 0.2) is 18.2 Å². The zero-order chi connectivity index (χ0) is 13.7. The summed E-state index contributed by atoms with van der Waals surface area (Å²) in [6.45, 7) is 4.17. The van der Waals surface area contributed by atoms with E-state index in [0.717, 1.165) is 26.9 Å². The molecule has 0 fully saturated rings. The molecule has 0 spiro atoms. The van der Waals surface area contributed by atoms with Gasteiger partial charge in [0.1, 0.15) is 0 Å². The zero-order valence-electron chi connectivity index (χ0n) is 11.4. The molecule has 1 unspecified atom stereocenters. The van der Waals surface area contributed by atoms with Gasteiger partial charge in [0, 0.05) is 22.4 Å². The molecule has 1 atom stereocenters. The van der Waals surface area contributed by atoms with Gasteiger partial charge in [-0.05, 0) is 53.8 Å². The monoisotopic (exact) mass is 377 g/mol. The lowest BCUT2D eigenvalue weighted by Gasteiger charge is -2.27. The molecule has 100 valence electrons. The molecular formula is C14H20INOS. The number of rotatable bonds is 5. The van der Waals surface area contributed by atoms with Crippen LogP contribution in [0.25, 0.3) is 0 Å². The van der Waals surface area contributed by atoms with Crippen molar-refractivity contribution in [2.24, 2.45) is 0 Å². The van der Waals surface area contributed by atoms with Crippen LogP contribution in [0.1, 0.15) is 29.3 Å². The normalized spacial score (nSPS) is 12.3. The number of aryl methyl sites for hydroxylation is 1. The number of halogens is 1. The van der Waals surface area contributed by atoms with E-state index >= 15 is 0 Å². The van der Waals surface area contributed by atoms with E-state index in [1.165, 1.54) is 0 Å². The molecular weight excluding hydrogens is 357 g/mol. The first kappa shape index (κ1) is 15.8. The highest BCUT2D eigenvalue weighted by atomic mass is 127. The third-order valence-corrected chi connectivity index (χ3v) is 5.27. The molecule has 4 heteroatoms. The minimum atomic E-state index is 0.129. The number of benzene rings is 1.